The third-order valence-electron chi connectivity index (χ3n) is 3.52. The van der Waals surface area contributed by atoms with Crippen molar-refractivity contribution in [1.29, 1.82) is 0 Å². The Labute approximate surface area is 112 Å². The van der Waals surface area contributed by atoms with E-state index in [-0.39, 0.29) is 5.82 Å². The van der Waals surface area contributed by atoms with Crippen molar-refractivity contribution in [2.45, 2.75) is 19.4 Å². The second kappa shape index (κ2) is 5.02. The van der Waals surface area contributed by atoms with Crippen LogP contribution in [0.3, 0.4) is 0 Å². The van der Waals surface area contributed by atoms with Gasteiger partial charge in [-0.05, 0) is 41.7 Å². The molecule has 1 heterocycles. The van der Waals surface area contributed by atoms with Gasteiger partial charge in [-0.25, -0.2) is 4.39 Å². The van der Waals surface area contributed by atoms with Crippen LogP contribution in [-0.4, -0.2) is 6.61 Å². The van der Waals surface area contributed by atoms with Crippen LogP contribution in [0.5, 0.6) is 5.75 Å². The molecule has 3 heteroatoms. The minimum Gasteiger partial charge on any atom is -0.493 e. The number of benzene rings is 2. The second-order valence-corrected chi connectivity index (χ2v) is 4.75. The Morgan fingerprint density at radius 2 is 2.05 bits per heavy atom. The van der Waals surface area contributed by atoms with Crippen molar-refractivity contribution >= 4 is 0 Å². The molecule has 0 saturated carbocycles. The molecule has 2 nitrogen and oxygen atoms in total. The Morgan fingerprint density at radius 1 is 1.16 bits per heavy atom. The molecule has 0 spiro atoms. The number of hydrogen-bond donors (Lipinski definition) is 1. The molecule has 3 rings (SSSR count). The molecule has 0 fully saturated rings. The summed E-state index contributed by atoms with van der Waals surface area (Å²) in [6.45, 7) is 1.11. The van der Waals surface area contributed by atoms with Gasteiger partial charge in [0.2, 0.25) is 0 Å². The number of halogens is 1. The topological polar surface area (TPSA) is 35.2 Å². The lowest BCUT2D eigenvalue weighted by Gasteiger charge is -2.21. The van der Waals surface area contributed by atoms with Gasteiger partial charge in [0.15, 0.2) is 0 Å². The van der Waals surface area contributed by atoms with E-state index >= 15 is 0 Å². The lowest BCUT2D eigenvalue weighted by Crippen LogP contribution is -2.10. The zero-order chi connectivity index (χ0) is 13.2. The molecule has 0 atom stereocenters. The molecule has 0 amide bonds. The van der Waals surface area contributed by atoms with Gasteiger partial charge in [-0.2, -0.15) is 0 Å². The summed E-state index contributed by atoms with van der Waals surface area (Å²) in [5, 5.41) is 0. The van der Waals surface area contributed by atoms with Crippen LogP contribution in [0.1, 0.15) is 17.5 Å². The van der Waals surface area contributed by atoms with Crippen LogP contribution >= 0.6 is 0 Å². The van der Waals surface area contributed by atoms with E-state index in [1.807, 2.05) is 12.1 Å². The summed E-state index contributed by atoms with van der Waals surface area (Å²) in [6.07, 6.45) is 2.04. The quantitative estimate of drug-likeness (QED) is 0.896. The number of fused-ring (bicyclic) bond motifs is 1. The molecular weight excluding hydrogens is 241 g/mol. The fraction of sp³-hybridized carbons (Fsp3) is 0.250. The fourth-order valence-corrected chi connectivity index (χ4v) is 2.58. The Balaban J connectivity index is 2.19. The van der Waals surface area contributed by atoms with E-state index in [0.717, 1.165) is 41.9 Å². The van der Waals surface area contributed by atoms with Crippen molar-refractivity contribution in [1.82, 2.24) is 0 Å². The van der Waals surface area contributed by atoms with Crippen LogP contribution in [0.4, 0.5) is 4.39 Å². The predicted octanol–water partition coefficient (Wildman–Crippen LogP) is 3.28. The molecule has 1 aliphatic rings. The van der Waals surface area contributed by atoms with Crippen LogP contribution in [0.2, 0.25) is 0 Å². The smallest absolute Gasteiger partial charge is 0.130 e. The first-order valence-electron chi connectivity index (χ1n) is 6.53. The van der Waals surface area contributed by atoms with Crippen LogP contribution in [-0.2, 0) is 13.0 Å². The molecule has 2 N–H and O–H groups in total. The summed E-state index contributed by atoms with van der Waals surface area (Å²) in [5.41, 5.74) is 9.65. The predicted molar refractivity (Wildman–Crippen MR) is 73.5 cm³/mol. The van der Waals surface area contributed by atoms with Gasteiger partial charge in [-0.1, -0.05) is 24.3 Å². The summed E-state index contributed by atoms with van der Waals surface area (Å²) in [7, 11) is 0. The Kier molecular flexibility index (Phi) is 3.22. The zero-order valence-corrected chi connectivity index (χ0v) is 10.7. The number of rotatable bonds is 2. The van der Waals surface area contributed by atoms with Gasteiger partial charge in [0.05, 0.1) is 6.61 Å². The molecule has 98 valence electrons. The molecular formula is C16H16FNO. The third-order valence-corrected chi connectivity index (χ3v) is 3.52. The molecule has 0 aliphatic carbocycles. The highest BCUT2D eigenvalue weighted by atomic mass is 19.1. The highest BCUT2D eigenvalue weighted by Crippen LogP contribution is 2.37. The molecule has 0 bridgehead atoms. The Hall–Kier alpha value is -1.87. The molecule has 19 heavy (non-hydrogen) atoms. The number of ether oxygens (including phenoxy) is 1. The maximum Gasteiger partial charge on any atom is 0.130 e. The van der Waals surface area contributed by atoms with Crippen molar-refractivity contribution in [2.24, 2.45) is 5.73 Å². The Bertz CT molecular complexity index is 610. The second-order valence-electron chi connectivity index (χ2n) is 4.75. The van der Waals surface area contributed by atoms with Crippen LogP contribution in [0.25, 0.3) is 11.1 Å². The van der Waals surface area contributed by atoms with E-state index in [1.165, 1.54) is 17.7 Å². The monoisotopic (exact) mass is 257 g/mol. The van der Waals surface area contributed by atoms with Crippen molar-refractivity contribution < 1.29 is 9.13 Å². The van der Waals surface area contributed by atoms with Crippen LogP contribution in [0, 0.1) is 5.82 Å². The lowest BCUT2D eigenvalue weighted by molar-refractivity contribution is 0.289. The molecule has 0 saturated heterocycles. The number of hydrogen-bond acceptors (Lipinski definition) is 2. The number of nitrogens with two attached hydrogens (primary N) is 1. The first kappa shape index (κ1) is 12.2. The summed E-state index contributed by atoms with van der Waals surface area (Å²) < 4.78 is 19.3. The van der Waals surface area contributed by atoms with Crippen molar-refractivity contribution in [3.63, 3.8) is 0 Å². The zero-order valence-electron chi connectivity index (χ0n) is 10.7. The minimum atomic E-state index is -0.249. The molecule has 2 aromatic rings. The van der Waals surface area contributed by atoms with E-state index in [9.17, 15) is 4.39 Å². The van der Waals surface area contributed by atoms with E-state index in [2.05, 4.69) is 6.07 Å². The van der Waals surface area contributed by atoms with Gasteiger partial charge in [-0.15, -0.1) is 0 Å². The van der Waals surface area contributed by atoms with E-state index in [1.54, 1.807) is 6.07 Å². The molecule has 0 aromatic heterocycles. The third kappa shape index (κ3) is 2.22. The minimum absolute atomic E-state index is 0.249. The standard InChI is InChI=1S/C16H16FNO/c17-13-7-6-12(10-18)15(9-13)14-5-1-3-11-4-2-8-19-16(11)14/h1,3,5-7,9H,2,4,8,10,18H2. The maximum atomic E-state index is 13.5. The van der Waals surface area contributed by atoms with Gasteiger partial charge in [-0.3, -0.25) is 0 Å². The largest absolute Gasteiger partial charge is 0.493 e. The van der Waals surface area contributed by atoms with Gasteiger partial charge in [0.1, 0.15) is 11.6 Å². The van der Waals surface area contributed by atoms with Gasteiger partial charge in [0.25, 0.3) is 0 Å². The average molecular weight is 257 g/mol. The first-order valence-corrected chi connectivity index (χ1v) is 6.53. The summed E-state index contributed by atoms with van der Waals surface area (Å²) in [4.78, 5) is 0. The van der Waals surface area contributed by atoms with Crippen molar-refractivity contribution in [3.05, 3.63) is 53.3 Å². The Morgan fingerprint density at radius 3 is 2.89 bits per heavy atom. The van der Waals surface area contributed by atoms with Gasteiger partial charge in [0, 0.05) is 12.1 Å². The SMILES string of the molecule is NCc1ccc(F)cc1-c1cccc2c1OCCC2. The maximum absolute atomic E-state index is 13.5. The average Bonchev–Trinajstić information content (AvgIpc) is 2.46. The van der Waals surface area contributed by atoms with E-state index in [4.69, 9.17) is 10.5 Å². The molecule has 2 aromatic carbocycles. The highest BCUT2D eigenvalue weighted by molar-refractivity contribution is 5.75. The normalized spacial score (nSPS) is 13.8. The first-order chi connectivity index (χ1) is 9.29. The van der Waals surface area contributed by atoms with Crippen LogP contribution < -0.4 is 10.5 Å². The van der Waals surface area contributed by atoms with Gasteiger partial charge < -0.3 is 10.5 Å². The molecule has 0 radical (unpaired) electrons. The van der Waals surface area contributed by atoms with E-state index in [0.29, 0.717) is 6.54 Å². The lowest BCUT2D eigenvalue weighted by atomic mass is 9.94. The molecule has 1 aliphatic heterocycles. The number of aryl methyl sites for hydroxylation is 1. The summed E-state index contributed by atoms with van der Waals surface area (Å²) in [5.74, 6) is 0.634. The molecule has 0 unspecified atom stereocenters. The number of para-hydroxylation sites is 1. The fourth-order valence-electron chi connectivity index (χ4n) is 2.58. The van der Waals surface area contributed by atoms with E-state index < -0.39 is 0 Å². The van der Waals surface area contributed by atoms with Crippen molar-refractivity contribution in [2.75, 3.05) is 6.61 Å². The van der Waals surface area contributed by atoms with Gasteiger partial charge >= 0.3 is 0 Å². The summed E-state index contributed by atoms with van der Waals surface area (Å²) >= 11 is 0. The van der Waals surface area contributed by atoms with Crippen LogP contribution in [0.15, 0.2) is 36.4 Å². The highest BCUT2D eigenvalue weighted by Gasteiger charge is 2.17. The summed E-state index contributed by atoms with van der Waals surface area (Å²) in [6, 6.07) is 10.8. The van der Waals surface area contributed by atoms with Crippen molar-refractivity contribution in [3.8, 4) is 16.9 Å².